The molecule has 1 aliphatic rings. The van der Waals surface area contributed by atoms with E-state index >= 15 is 0 Å². The molecule has 0 fully saturated rings. The molecule has 6 nitrogen and oxygen atoms in total. The Morgan fingerprint density at radius 3 is 2.86 bits per heavy atom. The Morgan fingerprint density at radius 2 is 2.23 bits per heavy atom. The van der Waals surface area contributed by atoms with Crippen molar-refractivity contribution in [3.05, 3.63) is 29.8 Å². The fourth-order valence-electron chi connectivity index (χ4n) is 2.26. The summed E-state index contributed by atoms with van der Waals surface area (Å²) in [5.41, 5.74) is 4.26. The predicted octanol–water partition coefficient (Wildman–Crippen LogP) is 1.39. The molecule has 0 aliphatic carbocycles. The largest absolute Gasteiger partial charge is 0.481 e. The summed E-state index contributed by atoms with van der Waals surface area (Å²) in [5, 5.41) is 6.66. The van der Waals surface area contributed by atoms with Gasteiger partial charge in [0, 0.05) is 12.3 Å². The van der Waals surface area contributed by atoms with Gasteiger partial charge in [-0.05, 0) is 44.9 Å². The molecular weight excluding hydrogens is 282 g/mol. The molecule has 1 aliphatic heterocycles. The number of nitrogens with zero attached hydrogens (tertiary/aromatic N) is 1. The molecule has 2 amide bonds. The van der Waals surface area contributed by atoms with Crippen LogP contribution in [0.2, 0.25) is 0 Å². The average Bonchev–Trinajstić information content (AvgIpc) is 2.78. The minimum absolute atomic E-state index is 0.115. The Kier molecular flexibility index (Phi) is 5.14. The van der Waals surface area contributed by atoms with E-state index in [2.05, 4.69) is 15.8 Å². The number of carbonyl (C=O) groups excluding carboxylic acids is 2. The monoisotopic (exact) mass is 303 g/mol. The number of aryl methyl sites for hydroxylation is 1. The Labute approximate surface area is 129 Å². The van der Waals surface area contributed by atoms with Crippen LogP contribution in [0.3, 0.4) is 0 Å². The van der Waals surface area contributed by atoms with Crippen molar-refractivity contribution in [1.29, 1.82) is 0 Å². The number of ether oxygens (including phenoxy) is 1. The van der Waals surface area contributed by atoms with Gasteiger partial charge in [-0.25, -0.2) is 5.43 Å². The molecule has 6 heteroatoms. The minimum Gasteiger partial charge on any atom is -0.481 e. The fraction of sp³-hybridized carbons (Fsp3) is 0.438. The molecule has 0 saturated heterocycles. The zero-order valence-corrected chi connectivity index (χ0v) is 13.1. The van der Waals surface area contributed by atoms with Crippen molar-refractivity contribution in [2.45, 2.75) is 33.3 Å². The number of rotatable bonds is 6. The van der Waals surface area contributed by atoms with Crippen LogP contribution in [0.25, 0.3) is 0 Å². The van der Waals surface area contributed by atoms with Crippen LogP contribution in [0, 0.1) is 12.8 Å². The minimum atomic E-state index is -0.589. The first-order valence-corrected chi connectivity index (χ1v) is 7.32. The first kappa shape index (κ1) is 16.0. The second kappa shape index (κ2) is 7.06. The lowest BCUT2D eigenvalue weighted by molar-refractivity contribution is -0.127. The zero-order chi connectivity index (χ0) is 16.1. The fourth-order valence-corrected chi connectivity index (χ4v) is 2.26. The number of nitrogens with one attached hydrogen (secondary N) is 2. The third-order valence-electron chi connectivity index (χ3n) is 3.57. The van der Waals surface area contributed by atoms with Gasteiger partial charge in [0.15, 0.2) is 6.10 Å². The molecule has 0 aromatic heterocycles. The van der Waals surface area contributed by atoms with Crippen molar-refractivity contribution in [1.82, 2.24) is 10.7 Å². The van der Waals surface area contributed by atoms with Crippen LogP contribution in [-0.2, 0) is 9.59 Å². The summed E-state index contributed by atoms with van der Waals surface area (Å²) in [7, 11) is 0. The molecule has 1 heterocycles. The Bertz CT molecular complexity index is 598. The molecule has 2 N–H and O–H groups in total. The molecule has 1 aromatic carbocycles. The number of carbonyl (C=O) groups is 2. The maximum atomic E-state index is 12.0. The van der Waals surface area contributed by atoms with Gasteiger partial charge in [0.2, 0.25) is 5.91 Å². The second-order valence-corrected chi connectivity index (χ2v) is 5.44. The molecule has 0 spiro atoms. The van der Waals surface area contributed by atoms with Crippen LogP contribution >= 0.6 is 0 Å². The van der Waals surface area contributed by atoms with Crippen molar-refractivity contribution in [2.24, 2.45) is 11.0 Å². The van der Waals surface area contributed by atoms with Crippen LogP contribution in [0.15, 0.2) is 29.4 Å². The van der Waals surface area contributed by atoms with E-state index in [4.69, 9.17) is 4.74 Å². The highest BCUT2D eigenvalue weighted by Gasteiger charge is 2.26. The molecule has 0 bridgehead atoms. The second-order valence-electron chi connectivity index (χ2n) is 5.44. The molecular formula is C16H21N3O3. The van der Waals surface area contributed by atoms with Gasteiger partial charge in [0.25, 0.3) is 5.91 Å². The van der Waals surface area contributed by atoms with E-state index in [-0.39, 0.29) is 17.7 Å². The van der Waals surface area contributed by atoms with E-state index in [1.807, 2.05) is 31.2 Å². The van der Waals surface area contributed by atoms with Gasteiger partial charge in [0.05, 0.1) is 5.92 Å². The molecule has 0 unspecified atom stereocenters. The van der Waals surface area contributed by atoms with Crippen molar-refractivity contribution < 1.29 is 14.3 Å². The van der Waals surface area contributed by atoms with E-state index in [1.165, 1.54) is 0 Å². The van der Waals surface area contributed by atoms with Gasteiger partial charge < -0.3 is 10.1 Å². The van der Waals surface area contributed by atoms with Crippen LogP contribution in [0.1, 0.15) is 25.8 Å². The van der Waals surface area contributed by atoms with Gasteiger partial charge in [-0.3, -0.25) is 9.59 Å². The van der Waals surface area contributed by atoms with E-state index in [1.54, 1.807) is 13.8 Å². The SMILES string of the molecule is CC1=NNC(=O)[C@@H]1CCNC(=O)[C@H](C)Oc1cccc(C)c1. The van der Waals surface area contributed by atoms with Gasteiger partial charge in [-0.1, -0.05) is 12.1 Å². The quantitative estimate of drug-likeness (QED) is 0.833. The Morgan fingerprint density at radius 1 is 1.45 bits per heavy atom. The van der Waals surface area contributed by atoms with Gasteiger partial charge in [-0.2, -0.15) is 5.10 Å². The predicted molar refractivity (Wildman–Crippen MR) is 83.6 cm³/mol. The molecule has 1 aromatic rings. The smallest absolute Gasteiger partial charge is 0.260 e. The molecule has 22 heavy (non-hydrogen) atoms. The first-order chi connectivity index (χ1) is 10.5. The topological polar surface area (TPSA) is 79.8 Å². The summed E-state index contributed by atoms with van der Waals surface area (Å²) in [6, 6.07) is 7.55. The standard InChI is InChI=1S/C16H21N3O3/c1-10-5-4-6-13(9-10)22-12(3)15(20)17-8-7-14-11(2)18-19-16(14)21/h4-6,9,12,14H,7-8H2,1-3H3,(H,17,20)(H,19,21)/t12-,14+/m0/s1. The summed E-state index contributed by atoms with van der Waals surface area (Å²) in [6.45, 7) is 5.87. The van der Waals surface area contributed by atoms with Crippen molar-refractivity contribution in [3.8, 4) is 5.75 Å². The van der Waals surface area contributed by atoms with Crippen LogP contribution in [0.4, 0.5) is 0 Å². The van der Waals surface area contributed by atoms with Crippen molar-refractivity contribution >= 4 is 17.5 Å². The number of amides is 2. The lowest BCUT2D eigenvalue weighted by Gasteiger charge is -2.15. The highest BCUT2D eigenvalue weighted by atomic mass is 16.5. The Balaban J connectivity index is 1.77. The first-order valence-electron chi connectivity index (χ1n) is 7.32. The maximum Gasteiger partial charge on any atom is 0.260 e. The number of benzene rings is 1. The van der Waals surface area contributed by atoms with Crippen LogP contribution < -0.4 is 15.5 Å². The van der Waals surface area contributed by atoms with Crippen molar-refractivity contribution in [3.63, 3.8) is 0 Å². The number of hydrogen-bond acceptors (Lipinski definition) is 4. The summed E-state index contributed by atoms with van der Waals surface area (Å²) in [4.78, 5) is 23.5. The molecule has 2 rings (SSSR count). The van der Waals surface area contributed by atoms with Gasteiger partial charge in [0.1, 0.15) is 5.75 Å². The average molecular weight is 303 g/mol. The highest BCUT2D eigenvalue weighted by molar-refractivity contribution is 6.06. The molecule has 118 valence electrons. The number of hydrazone groups is 1. The van der Waals surface area contributed by atoms with Crippen molar-refractivity contribution in [2.75, 3.05) is 6.54 Å². The van der Waals surface area contributed by atoms with Gasteiger partial charge >= 0.3 is 0 Å². The third kappa shape index (κ3) is 4.07. The number of hydrogen-bond donors (Lipinski definition) is 2. The maximum absolute atomic E-state index is 12.0. The van der Waals surface area contributed by atoms with E-state index in [0.717, 1.165) is 11.3 Å². The molecule has 2 atom stereocenters. The van der Waals surface area contributed by atoms with E-state index < -0.39 is 6.10 Å². The normalized spacial score (nSPS) is 18.4. The van der Waals surface area contributed by atoms with E-state index in [9.17, 15) is 9.59 Å². The van der Waals surface area contributed by atoms with Crippen LogP contribution in [-0.4, -0.2) is 30.2 Å². The third-order valence-corrected chi connectivity index (χ3v) is 3.57. The highest BCUT2D eigenvalue weighted by Crippen LogP contribution is 2.14. The molecule has 0 radical (unpaired) electrons. The summed E-state index contributed by atoms with van der Waals surface area (Å²) >= 11 is 0. The Hall–Kier alpha value is -2.37. The summed E-state index contributed by atoms with van der Waals surface area (Å²) < 4.78 is 5.61. The lowest BCUT2D eigenvalue weighted by Crippen LogP contribution is -2.38. The zero-order valence-electron chi connectivity index (χ0n) is 13.1. The lowest BCUT2D eigenvalue weighted by atomic mass is 10.0. The van der Waals surface area contributed by atoms with Crippen LogP contribution in [0.5, 0.6) is 5.75 Å². The van der Waals surface area contributed by atoms with E-state index in [0.29, 0.717) is 18.7 Å². The molecule has 0 saturated carbocycles. The summed E-state index contributed by atoms with van der Waals surface area (Å²) in [6.07, 6.45) is -0.0571. The van der Waals surface area contributed by atoms with Gasteiger partial charge in [-0.15, -0.1) is 0 Å². The summed E-state index contributed by atoms with van der Waals surface area (Å²) in [5.74, 6) is 0.0967.